The molecule has 7 heteroatoms. The number of aryl methyl sites for hydroxylation is 1. The van der Waals surface area contributed by atoms with E-state index in [1.54, 1.807) is 6.07 Å². The molecule has 2 aromatic carbocycles. The molecule has 0 spiro atoms. The Balaban J connectivity index is 1.29. The van der Waals surface area contributed by atoms with Gasteiger partial charge in [0.15, 0.2) is 0 Å². The summed E-state index contributed by atoms with van der Waals surface area (Å²) >= 11 is 0. The minimum Gasteiger partial charge on any atom is -0.494 e. The zero-order valence-corrected chi connectivity index (χ0v) is 21.4. The van der Waals surface area contributed by atoms with E-state index in [-0.39, 0.29) is 17.9 Å². The van der Waals surface area contributed by atoms with Crippen molar-refractivity contribution in [3.63, 3.8) is 0 Å². The molecule has 3 heterocycles. The first-order chi connectivity index (χ1) is 18.1. The van der Waals surface area contributed by atoms with Crippen molar-refractivity contribution in [3.8, 4) is 11.5 Å². The molecular formula is C30H33N3O4. The number of pyridine rings is 1. The van der Waals surface area contributed by atoms with Gasteiger partial charge in [0.1, 0.15) is 23.8 Å². The van der Waals surface area contributed by atoms with Gasteiger partial charge < -0.3 is 23.9 Å². The number of imidazole rings is 1. The molecule has 0 radical (unpaired) electrons. The Bertz CT molecular complexity index is 1360. The summed E-state index contributed by atoms with van der Waals surface area (Å²) in [7, 11) is 0. The molecule has 1 aliphatic heterocycles. The van der Waals surface area contributed by atoms with Crippen LogP contribution in [0, 0.1) is 6.92 Å². The molecule has 0 aliphatic carbocycles. The molecule has 0 bridgehead atoms. The Kier molecular flexibility index (Phi) is 7.42. The second-order valence-corrected chi connectivity index (χ2v) is 9.47. The van der Waals surface area contributed by atoms with Crippen LogP contribution in [0.3, 0.4) is 0 Å². The average Bonchev–Trinajstić information content (AvgIpc) is 3.36. The number of fused-ring (bicyclic) bond motifs is 1. The molecule has 0 unspecified atom stereocenters. The van der Waals surface area contributed by atoms with Gasteiger partial charge in [-0.3, -0.25) is 4.79 Å². The summed E-state index contributed by atoms with van der Waals surface area (Å²) in [5.74, 6) is 1.23. The van der Waals surface area contributed by atoms with Crippen molar-refractivity contribution in [2.75, 3.05) is 26.4 Å². The summed E-state index contributed by atoms with van der Waals surface area (Å²) < 4.78 is 19.3. The van der Waals surface area contributed by atoms with Gasteiger partial charge in [-0.25, -0.2) is 4.98 Å². The van der Waals surface area contributed by atoms with Crippen LogP contribution in [0.2, 0.25) is 0 Å². The third-order valence-corrected chi connectivity index (χ3v) is 7.05. The summed E-state index contributed by atoms with van der Waals surface area (Å²) in [4.78, 5) is 18.0. The highest BCUT2D eigenvalue weighted by atomic mass is 16.5. The van der Waals surface area contributed by atoms with Gasteiger partial charge >= 0.3 is 0 Å². The Labute approximate surface area is 217 Å². The lowest BCUT2D eigenvalue weighted by molar-refractivity contribution is 0.0486. The van der Waals surface area contributed by atoms with Crippen LogP contribution in [0.15, 0.2) is 73.1 Å². The topological polar surface area (TPSA) is 74.1 Å². The van der Waals surface area contributed by atoms with Crippen molar-refractivity contribution in [2.24, 2.45) is 0 Å². The van der Waals surface area contributed by atoms with Crippen LogP contribution in [0.4, 0.5) is 0 Å². The van der Waals surface area contributed by atoms with Crippen LogP contribution in [-0.2, 0) is 16.8 Å². The van der Waals surface area contributed by atoms with E-state index in [0.29, 0.717) is 37.7 Å². The van der Waals surface area contributed by atoms with Crippen molar-refractivity contribution in [1.82, 2.24) is 14.7 Å². The molecule has 5 rings (SSSR count). The van der Waals surface area contributed by atoms with Crippen LogP contribution < -0.4 is 14.8 Å². The molecule has 1 amide bonds. The second-order valence-electron chi connectivity index (χ2n) is 9.47. The minimum absolute atomic E-state index is 0.154. The Morgan fingerprint density at radius 2 is 1.84 bits per heavy atom. The molecule has 192 valence electrons. The highest BCUT2D eigenvalue weighted by molar-refractivity contribution is 5.97. The van der Waals surface area contributed by atoms with Gasteiger partial charge in [0.25, 0.3) is 5.91 Å². The van der Waals surface area contributed by atoms with Gasteiger partial charge in [0.2, 0.25) is 0 Å². The van der Waals surface area contributed by atoms with Crippen LogP contribution in [-0.4, -0.2) is 41.7 Å². The second kappa shape index (κ2) is 11.0. The smallest absolute Gasteiger partial charge is 0.255 e. The predicted molar refractivity (Wildman–Crippen MR) is 142 cm³/mol. The van der Waals surface area contributed by atoms with Gasteiger partial charge in [-0.05, 0) is 68.1 Å². The lowest BCUT2D eigenvalue weighted by Crippen LogP contribution is -2.44. The van der Waals surface area contributed by atoms with Crippen molar-refractivity contribution < 1.29 is 19.0 Å². The first-order valence-corrected chi connectivity index (χ1v) is 12.8. The SMILES string of the molecule is CCOc1ccc(C2(CNC(=O)c3ccccc3OCc3cn4cccc(C)c4n3)CCOCC2)cc1. The third-order valence-electron chi connectivity index (χ3n) is 7.05. The van der Waals surface area contributed by atoms with E-state index in [0.717, 1.165) is 35.5 Å². The number of hydrogen-bond acceptors (Lipinski definition) is 5. The largest absolute Gasteiger partial charge is 0.494 e. The molecule has 1 saturated heterocycles. The molecule has 37 heavy (non-hydrogen) atoms. The molecule has 0 atom stereocenters. The first kappa shape index (κ1) is 24.8. The van der Waals surface area contributed by atoms with Crippen LogP contribution in [0.1, 0.15) is 46.9 Å². The highest BCUT2D eigenvalue weighted by Crippen LogP contribution is 2.35. The number of hydrogen-bond donors (Lipinski definition) is 1. The van der Waals surface area contributed by atoms with Crippen LogP contribution in [0.25, 0.3) is 5.65 Å². The summed E-state index contributed by atoms with van der Waals surface area (Å²) in [6, 6.07) is 19.6. The lowest BCUT2D eigenvalue weighted by Gasteiger charge is -2.38. The Morgan fingerprint density at radius 3 is 2.59 bits per heavy atom. The summed E-state index contributed by atoms with van der Waals surface area (Å²) in [6.45, 7) is 6.77. The van der Waals surface area contributed by atoms with E-state index >= 15 is 0 Å². The molecule has 2 aromatic heterocycles. The Hall–Kier alpha value is -3.84. The maximum atomic E-state index is 13.4. The maximum absolute atomic E-state index is 13.4. The standard InChI is InChI=1S/C30H33N3O4/c1-3-36-25-12-10-23(11-13-25)30(14-17-35-18-15-30)21-31-29(34)26-8-4-5-9-27(26)37-20-24-19-33-16-6-7-22(2)28(33)32-24/h4-13,16,19H,3,14-15,17-18,20-21H2,1-2H3,(H,31,34). The molecule has 1 fully saturated rings. The van der Waals surface area contributed by atoms with E-state index in [4.69, 9.17) is 14.2 Å². The van der Waals surface area contributed by atoms with Gasteiger partial charge in [0.05, 0.1) is 17.9 Å². The molecule has 1 aliphatic rings. The van der Waals surface area contributed by atoms with E-state index < -0.39 is 0 Å². The number of amides is 1. The number of benzene rings is 2. The Morgan fingerprint density at radius 1 is 1.05 bits per heavy atom. The van der Waals surface area contributed by atoms with E-state index in [1.807, 2.05) is 73.1 Å². The number of rotatable bonds is 9. The van der Waals surface area contributed by atoms with Crippen molar-refractivity contribution in [1.29, 1.82) is 0 Å². The molecule has 7 nitrogen and oxygen atoms in total. The fraction of sp³-hybridized carbons (Fsp3) is 0.333. The summed E-state index contributed by atoms with van der Waals surface area (Å²) in [5, 5.41) is 3.19. The number of nitrogens with one attached hydrogen (secondary N) is 1. The van der Waals surface area contributed by atoms with Gasteiger partial charge in [-0.1, -0.05) is 30.3 Å². The highest BCUT2D eigenvalue weighted by Gasteiger charge is 2.35. The zero-order chi connectivity index (χ0) is 25.7. The quantitative estimate of drug-likeness (QED) is 0.347. The lowest BCUT2D eigenvalue weighted by atomic mass is 9.74. The average molecular weight is 500 g/mol. The predicted octanol–water partition coefficient (Wildman–Crippen LogP) is 5.10. The summed E-state index contributed by atoms with van der Waals surface area (Å²) in [5.41, 5.74) is 4.32. The van der Waals surface area contributed by atoms with E-state index in [1.165, 1.54) is 5.56 Å². The maximum Gasteiger partial charge on any atom is 0.255 e. The molecule has 0 saturated carbocycles. The molecule has 4 aromatic rings. The summed E-state index contributed by atoms with van der Waals surface area (Å²) in [6.07, 6.45) is 5.60. The van der Waals surface area contributed by atoms with Crippen molar-refractivity contribution in [2.45, 2.75) is 38.7 Å². The van der Waals surface area contributed by atoms with Crippen LogP contribution in [0.5, 0.6) is 11.5 Å². The zero-order valence-electron chi connectivity index (χ0n) is 21.4. The number of carbonyl (C=O) groups is 1. The normalized spacial score (nSPS) is 14.9. The minimum atomic E-state index is -0.192. The van der Waals surface area contributed by atoms with Crippen molar-refractivity contribution in [3.05, 3.63) is 95.4 Å². The molecular weight excluding hydrogens is 466 g/mol. The monoisotopic (exact) mass is 499 g/mol. The fourth-order valence-corrected chi connectivity index (χ4v) is 4.95. The van der Waals surface area contributed by atoms with Gasteiger partial charge in [-0.2, -0.15) is 0 Å². The van der Waals surface area contributed by atoms with Crippen molar-refractivity contribution >= 4 is 11.6 Å². The fourth-order valence-electron chi connectivity index (χ4n) is 4.95. The number of carbonyl (C=O) groups excluding carboxylic acids is 1. The van der Waals surface area contributed by atoms with Gasteiger partial charge in [0, 0.05) is 37.6 Å². The number of para-hydroxylation sites is 1. The van der Waals surface area contributed by atoms with E-state index in [9.17, 15) is 4.79 Å². The number of nitrogens with zero attached hydrogens (tertiary/aromatic N) is 2. The molecule has 1 N–H and O–H groups in total. The van der Waals surface area contributed by atoms with Gasteiger partial charge in [-0.15, -0.1) is 0 Å². The van der Waals surface area contributed by atoms with E-state index in [2.05, 4.69) is 22.4 Å². The number of ether oxygens (including phenoxy) is 3. The number of aromatic nitrogens is 2. The first-order valence-electron chi connectivity index (χ1n) is 12.8. The third kappa shape index (κ3) is 5.47. The van der Waals surface area contributed by atoms with Crippen LogP contribution >= 0.6 is 0 Å².